The smallest absolute Gasteiger partial charge is 0.0886 e. The maximum absolute atomic E-state index is 4.61. The number of aromatic nitrogens is 2. The minimum absolute atomic E-state index is 0.797. The SMILES string of the molecule is C=Cc1cc(N=Cc2ccc(-c3ccc(C=Nc4ccc(C=C)c(/C=C\C)c4)cn3)nc2)ccc1/C=C\C. The molecule has 0 atom stereocenters. The topological polar surface area (TPSA) is 50.5 Å². The highest BCUT2D eigenvalue weighted by Gasteiger charge is 2.03. The summed E-state index contributed by atoms with van der Waals surface area (Å²) in [6, 6.07) is 20.0. The van der Waals surface area contributed by atoms with Crippen molar-refractivity contribution >= 4 is 48.1 Å². The summed E-state index contributed by atoms with van der Waals surface area (Å²) in [6.07, 6.45) is 19.1. The van der Waals surface area contributed by atoms with Crippen LogP contribution < -0.4 is 0 Å². The predicted octanol–water partition coefficient (Wildman–Crippen LogP) is 9.00. The van der Waals surface area contributed by atoms with E-state index in [2.05, 4.69) is 45.3 Å². The molecule has 4 nitrogen and oxygen atoms in total. The average Bonchev–Trinajstić information content (AvgIpc) is 2.96. The van der Waals surface area contributed by atoms with Crippen molar-refractivity contribution in [3.05, 3.63) is 132 Å². The normalized spacial score (nSPS) is 11.7. The molecule has 2 aromatic carbocycles. The maximum atomic E-state index is 4.61. The summed E-state index contributed by atoms with van der Waals surface area (Å²) in [5.41, 5.74) is 9.51. The molecule has 4 aromatic rings. The number of hydrogen-bond donors (Lipinski definition) is 0. The molecule has 0 radical (unpaired) electrons. The van der Waals surface area contributed by atoms with Gasteiger partial charge in [0.25, 0.3) is 0 Å². The fourth-order valence-electron chi connectivity index (χ4n) is 3.87. The van der Waals surface area contributed by atoms with Crippen LogP contribution in [0, 0.1) is 0 Å². The van der Waals surface area contributed by atoms with E-state index in [-0.39, 0.29) is 0 Å². The van der Waals surface area contributed by atoms with Crippen LogP contribution in [0.4, 0.5) is 11.4 Å². The third-order valence-electron chi connectivity index (χ3n) is 5.83. The molecule has 0 aliphatic rings. The van der Waals surface area contributed by atoms with Crippen molar-refractivity contribution in [3.8, 4) is 11.4 Å². The van der Waals surface area contributed by atoms with Gasteiger partial charge in [-0.2, -0.15) is 0 Å². The van der Waals surface area contributed by atoms with E-state index in [0.717, 1.165) is 56.1 Å². The van der Waals surface area contributed by atoms with Gasteiger partial charge < -0.3 is 0 Å². The Balaban J connectivity index is 1.43. The van der Waals surface area contributed by atoms with Gasteiger partial charge in [-0.25, -0.2) is 0 Å². The van der Waals surface area contributed by atoms with Crippen molar-refractivity contribution in [2.45, 2.75) is 13.8 Å². The first-order valence-electron chi connectivity index (χ1n) is 12.4. The summed E-state index contributed by atoms with van der Waals surface area (Å²) in [7, 11) is 0. The zero-order valence-corrected chi connectivity index (χ0v) is 21.8. The Hall–Kier alpha value is -4.96. The Morgan fingerprint density at radius 3 is 1.55 bits per heavy atom. The van der Waals surface area contributed by atoms with Gasteiger partial charge in [0.15, 0.2) is 0 Å². The van der Waals surface area contributed by atoms with E-state index in [4.69, 9.17) is 0 Å². The fourth-order valence-corrected chi connectivity index (χ4v) is 3.87. The molecule has 38 heavy (non-hydrogen) atoms. The predicted molar refractivity (Wildman–Crippen MR) is 164 cm³/mol. The molecule has 0 aliphatic heterocycles. The van der Waals surface area contributed by atoms with Crippen molar-refractivity contribution in [1.82, 2.24) is 9.97 Å². The van der Waals surface area contributed by atoms with E-state index in [9.17, 15) is 0 Å². The molecule has 4 rings (SSSR count). The van der Waals surface area contributed by atoms with Crippen LogP contribution in [0.2, 0.25) is 0 Å². The minimum Gasteiger partial charge on any atom is -0.256 e. The Labute approximate surface area is 224 Å². The van der Waals surface area contributed by atoms with Crippen molar-refractivity contribution in [1.29, 1.82) is 0 Å². The third-order valence-corrected chi connectivity index (χ3v) is 5.83. The van der Waals surface area contributed by atoms with Crippen LogP contribution >= 0.6 is 0 Å². The van der Waals surface area contributed by atoms with Gasteiger partial charge >= 0.3 is 0 Å². The van der Waals surface area contributed by atoms with Gasteiger partial charge in [0.1, 0.15) is 0 Å². The van der Waals surface area contributed by atoms with Gasteiger partial charge in [0.2, 0.25) is 0 Å². The Kier molecular flexibility index (Phi) is 8.82. The molecule has 0 unspecified atom stereocenters. The zero-order valence-electron chi connectivity index (χ0n) is 21.8. The zero-order chi connectivity index (χ0) is 26.7. The first-order chi connectivity index (χ1) is 18.6. The van der Waals surface area contributed by atoms with E-state index in [1.54, 1.807) is 12.4 Å². The van der Waals surface area contributed by atoms with Crippen LogP contribution in [0.5, 0.6) is 0 Å². The number of benzene rings is 2. The van der Waals surface area contributed by atoms with Crippen LogP contribution in [0.25, 0.3) is 35.7 Å². The summed E-state index contributed by atoms with van der Waals surface area (Å²) >= 11 is 0. The molecule has 186 valence electrons. The summed E-state index contributed by atoms with van der Waals surface area (Å²) in [6.45, 7) is 11.8. The number of nitrogens with zero attached hydrogens (tertiary/aromatic N) is 4. The van der Waals surface area contributed by atoms with Gasteiger partial charge in [-0.1, -0.05) is 61.7 Å². The quantitative estimate of drug-likeness (QED) is 0.218. The second kappa shape index (κ2) is 12.8. The monoisotopic (exact) mass is 494 g/mol. The minimum atomic E-state index is 0.797. The lowest BCUT2D eigenvalue weighted by molar-refractivity contribution is 1.24. The highest BCUT2D eigenvalue weighted by Crippen LogP contribution is 2.22. The molecular formula is C34H30N4. The van der Waals surface area contributed by atoms with Gasteiger partial charge in [-0.3, -0.25) is 20.0 Å². The van der Waals surface area contributed by atoms with E-state index in [1.807, 2.05) is 111 Å². The number of rotatable bonds is 9. The molecule has 2 aromatic heterocycles. The molecule has 2 heterocycles. The maximum Gasteiger partial charge on any atom is 0.0886 e. The Morgan fingerprint density at radius 2 is 1.08 bits per heavy atom. The summed E-state index contributed by atoms with van der Waals surface area (Å²) in [5.74, 6) is 0. The molecular weight excluding hydrogens is 464 g/mol. The second-order valence-corrected chi connectivity index (χ2v) is 8.50. The Morgan fingerprint density at radius 1 is 0.579 bits per heavy atom. The van der Waals surface area contributed by atoms with Gasteiger partial charge in [-0.15, -0.1) is 0 Å². The van der Waals surface area contributed by atoms with E-state index >= 15 is 0 Å². The average molecular weight is 495 g/mol. The van der Waals surface area contributed by atoms with Crippen molar-refractivity contribution < 1.29 is 0 Å². The van der Waals surface area contributed by atoms with Crippen LogP contribution in [-0.2, 0) is 0 Å². The van der Waals surface area contributed by atoms with Crippen molar-refractivity contribution in [2.75, 3.05) is 0 Å². The summed E-state index contributed by atoms with van der Waals surface area (Å²) < 4.78 is 0. The Bertz CT molecular complexity index is 1540. The van der Waals surface area contributed by atoms with Crippen LogP contribution in [0.3, 0.4) is 0 Å². The van der Waals surface area contributed by atoms with Crippen molar-refractivity contribution in [2.24, 2.45) is 9.98 Å². The molecule has 0 saturated heterocycles. The highest BCUT2D eigenvalue weighted by molar-refractivity contribution is 5.84. The molecule has 0 bridgehead atoms. The molecule has 0 saturated carbocycles. The number of allylic oxidation sites excluding steroid dienone is 2. The second-order valence-electron chi connectivity index (χ2n) is 8.50. The highest BCUT2D eigenvalue weighted by atomic mass is 14.8. The number of aliphatic imine (C=N–C) groups is 2. The van der Waals surface area contributed by atoms with E-state index in [0.29, 0.717) is 0 Å². The summed E-state index contributed by atoms with van der Waals surface area (Å²) in [5, 5.41) is 0. The van der Waals surface area contributed by atoms with Gasteiger partial charge in [0, 0.05) is 35.9 Å². The summed E-state index contributed by atoms with van der Waals surface area (Å²) in [4.78, 5) is 18.3. The molecule has 0 amide bonds. The van der Waals surface area contributed by atoms with E-state index < -0.39 is 0 Å². The van der Waals surface area contributed by atoms with Crippen LogP contribution in [0.1, 0.15) is 47.2 Å². The van der Waals surface area contributed by atoms with Crippen LogP contribution in [-0.4, -0.2) is 22.4 Å². The van der Waals surface area contributed by atoms with Gasteiger partial charge in [-0.05, 0) is 84.6 Å². The first kappa shape index (κ1) is 26.1. The standard InChI is InChI=1S/C34H30N4/c1-5-9-29-14-16-31(19-28(29)8-4)35-21-25-11-17-33(37-23-25)34-18-12-26(24-38-34)22-36-32-15-13-27(7-3)30(20-32)10-6-2/h5-24H,3-4H2,1-2H3/b9-5-,10-6-,35-21?,36-22?. The number of pyridine rings is 2. The first-order valence-corrected chi connectivity index (χ1v) is 12.4. The molecule has 4 heteroatoms. The lowest BCUT2D eigenvalue weighted by Crippen LogP contribution is -1.91. The lowest BCUT2D eigenvalue weighted by Gasteiger charge is -2.04. The van der Waals surface area contributed by atoms with Crippen molar-refractivity contribution in [3.63, 3.8) is 0 Å². The third kappa shape index (κ3) is 6.62. The van der Waals surface area contributed by atoms with Crippen LogP contribution in [0.15, 0.2) is 108 Å². The lowest BCUT2D eigenvalue weighted by atomic mass is 10.1. The molecule has 0 aliphatic carbocycles. The number of hydrogen-bond acceptors (Lipinski definition) is 4. The molecule has 0 spiro atoms. The van der Waals surface area contributed by atoms with Gasteiger partial charge in [0.05, 0.1) is 22.8 Å². The molecule has 0 N–H and O–H groups in total. The fraction of sp³-hybridized carbons (Fsp3) is 0.0588. The largest absolute Gasteiger partial charge is 0.256 e. The molecule has 0 fully saturated rings. The van der Waals surface area contributed by atoms with E-state index in [1.165, 1.54) is 0 Å².